The van der Waals surface area contributed by atoms with Crippen molar-refractivity contribution in [2.24, 2.45) is 7.05 Å². The van der Waals surface area contributed by atoms with E-state index in [0.29, 0.717) is 21.5 Å². The summed E-state index contributed by atoms with van der Waals surface area (Å²) in [5.74, 6) is -0.335. The number of rotatable bonds is 5. The van der Waals surface area contributed by atoms with Crippen LogP contribution in [0.3, 0.4) is 0 Å². The Labute approximate surface area is 174 Å². The normalized spacial score (nSPS) is 11.3. The topological polar surface area (TPSA) is 119 Å². The van der Waals surface area contributed by atoms with Gasteiger partial charge in [-0.1, -0.05) is 11.6 Å². The molecule has 0 saturated heterocycles. The Hall–Kier alpha value is -2.50. The lowest BCUT2D eigenvalue weighted by Gasteiger charge is -2.09. The molecule has 2 aromatic heterocycles. The summed E-state index contributed by atoms with van der Waals surface area (Å²) in [4.78, 5) is 12.5. The third kappa shape index (κ3) is 4.32. The number of benzene rings is 1. The molecule has 9 nitrogen and oxygen atoms in total. The number of sulfonamides is 1. The minimum atomic E-state index is -3.86. The van der Waals surface area contributed by atoms with Gasteiger partial charge in [0, 0.05) is 12.7 Å². The molecule has 1 aromatic carbocycles. The van der Waals surface area contributed by atoms with Gasteiger partial charge in [-0.15, -0.1) is 10.2 Å². The highest BCUT2D eigenvalue weighted by atomic mass is 79.9. The first-order valence-electron chi connectivity index (χ1n) is 7.80. The Kier molecular flexibility index (Phi) is 5.68. The summed E-state index contributed by atoms with van der Waals surface area (Å²) < 4.78 is 29.2. The van der Waals surface area contributed by atoms with Gasteiger partial charge in [0.15, 0.2) is 11.0 Å². The largest absolute Gasteiger partial charge is 0.321 e. The van der Waals surface area contributed by atoms with Gasteiger partial charge in [0.2, 0.25) is 0 Å². The Morgan fingerprint density at radius 2 is 1.82 bits per heavy atom. The van der Waals surface area contributed by atoms with Crippen molar-refractivity contribution in [3.63, 3.8) is 0 Å². The van der Waals surface area contributed by atoms with Crippen LogP contribution in [-0.2, 0) is 17.1 Å². The van der Waals surface area contributed by atoms with E-state index < -0.39 is 10.0 Å². The molecule has 0 radical (unpaired) electrons. The van der Waals surface area contributed by atoms with Crippen molar-refractivity contribution in [1.82, 2.24) is 20.0 Å². The third-order valence-corrected chi connectivity index (χ3v) is 6.18. The summed E-state index contributed by atoms with van der Waals surface area (Å²) in [6.45, 7) is 1.78. The van der Waals surface area contributed by atoms with Gasteiger partial charge in [0.25, 0.3) is 15.9 Å². The van der Waals surface area contributed by atoms with Crippen LogP contribution in [0.1, 0.15) is 16.2 Å². The van der Waals surface area contributed by atoms with E-state index in [-0.39, 0.29) is 21.8 Å². The summed E-state index contributed by atoms with van der Waals surface area (Å²) in [6.07, 6.45) is 0. The molecule has 12 heteroatoms. The van der Waals surface area contributed by atoms with Crippen molar-refractivity contribution in [3.8, 4) is 0 Å². The molecule has 0 fully saturated rings. The fraction of sp³-hybridized carbons (Fsp3) is 0.125. The van der Waals surface area contributed by atoms with Crippen molar-refractivity contribution >= 4 is 55.0 Å². The summed E-state index contributed by atoms with van der Waals surface area (Å²) in [7, 11) is -2.20. The highest BCUT2D eigenvalue weighted by Gasteiger charge is 2.19. The number of nitrogens with one attached hydrogen (secondary N) is 2. The predicted molar refractivity (Wildman–Crippen MR) is 108 cm³/mol. The maximum atomic E-state index is 12.5. The average molecular weight is 486 g/mol. The van der Waals surface area contributed by atoms with Gasteiger partial charge >= 0.3 is 0 Å². The minimum Gasteiger partial charge on any atom is -0.321 e. The smallest absolute Gasteiger partial charge is 0.275 e. The molecule has 146 valence electrons. The van der Waals surface area contributed by atoms with Crippen molar-refractivity contribution in [2.75, 3.05) is 10.0 Å². The molecule has 3 rings (SSSR count). The number of carbonyl (C=O) groups is 1. The van der Waals surface area contributed by atoms with Crippen LogP contribution in [0.2, 0.25) is 5.15 Å². The Morgan fingerprint density at radius 3 is 2.36 bits per heavy atom. The lowest BCUT2D eigenvalue weighted by molar-refractivity contribution is 0.101. The van der Waals surface area contributed by atoms with Crippen molar-refractivity contribution in [1.29, 1.82) is 0 Å². The number of halogens is 2. The first-order chi connectivity index (χ1) is 13.2. The van der Waals surface area contributed by atoms with E-state index in [1.54, 1.807) is 14.0 Å². The summed E-state index contributed by atoms with van der Waals surface area (Å²) in [5, 5.41) is 14.3. The fourth-order valence-electron chi connectivity index (χ4n) is 2.35. The van der Waals surface area contributed by atoms with E-state index >= 15 is 0 Å². The minimum absolute atomic E-state index is 0.000178. The van der Waals surface area contributed by atoms with E-state index in [9.17, 15) is 13.2 Å². The van der Waals surface area contributed by atoms with Gasteiger partial charge in [-0.25, -0.2) is 8.42 Å². The van der Waals surface area contributed by atoms with Crippen LogP contribution in [0, 0.1) is 6.92 Å². The molecule has 2 N–H and O–H groups in total. The molecule has 0 atom stereocenters. The number of amides is 1. The van der Waals surface area contributed by atoms with Gasteiger partial charge in [-0.3, -0.25) is 14.2 Å². The summed E-state index contributed by atoms with van der Waals surface area (Å²) >= 11 is 8.97. The number of hydrogen-bond acceptors (Lipinski definition) is 6. The van der Waals surface area contributed by atoms with Crippen LogP contribution < -0.4 is 10.0 Å². The molecule has 0 aliphatic rings. The number of aromatic nitrogens is 4. The van der Waals surface area contributed by atoms with Crippen LogP contribution in [0.15, 0.2) is 45.8 Å². The number of nitrogens with zero attached hydrogens (tertiary/aromatic N) is 4. The lowest BCUT2D eigenvalue weighted by Crippen LogP contribution is -2.17. The molecule has 0 bridgehead atoms. The Morgan fingerprint density at radius 1 is 1.14 bits per heavy atom. The highest BCUT2D eigenvalue weighted by Crippen LogP contribution is 2.22. The SMILES string of the molecule is Cc1nn(C)c(C(=O)Nc2ccc(S(=O)(=O)Nc3ccc(Cl)nn3)cc2)c1Br. The number of carbonyl (C=O) groups excluding carboxylic acids is 1. The van der Waals surface area contributed by atoms with Gasteiger partial charge in [-0.2, -0.15) is 5.10 Å². The van der Waals surface area contributed by atoms with E-state index in [0.717, 1.165) is 0 Å². The zero-order valence-corrected chi connectivity index (χ0v) is 17.8. The van der Waals surface area contributed by atoms with Gasteiger partial charge in [0.1, 0.15) is 5.69 Å². The molecule has 2 heterocycles. The third-order valence-electron chi connectivity index (χ3n) is 3.66. The van der Waals surface area contributed by atoms with Crippen LogP contribution in [0.5, 0.6) is 0 Å². The van der Waals surface area contributed by atoms with Crippen molar-refractivity contribution < 1.29 is 13.2 Å². The molecule has 3 aromatic rings. The molecule has 0 aliphatic heterocycles. The number of hydrogen-bond donors (Lipinski definition) is 2. The highest BCUT2D eigenvalue weighted by molar-refractivity contribution is 9.10. The fourth-order valence-corrected chi connectivity index (χ4v) is 3.97. The summed E-state index contributed by atoms with van der Waals surface area (Å²) in [6, 6.07) is 8.52. The molecule has 0 aliphatic carbocycles. The van der Waals surface area contributed by atoms with E-state index in [1.165, 1.54) is 41.1 Å². The van der Waals surface area contributed by atoms with Crippen LogP contribution in [0.4, 0.5) is 11.5 Å². The van der Waals surface area contributed by atoms with E-state index in [1.807, 2.05) is 0 Å². The Bertz CT molecular complexity index is 1130. The maximum Gasteiger partial charge on any atom is 0.275 e. The van der Waals surface area contributed by atoms with Crippen LogP contribution in [-0.4, -0.2) is 34.3 Å². The molecule has 1 amide bonds. The second-order valence-corrected chi connectivity index (χ2v) is 8.56. The number of aryl methyl sites for hydroxylation is 2. The quantitative estimate of drug-likeness (QED) is 0.573. The van der Waals surface area contributed by atoms with Gasteiger partial charge in [-0.05, 0) is 59.3 Å². The van der Waals surface area contributed by atoms with Crippen LogP contribution in [0.25, 0.3) is 0 Å². The summed E-state index contributed by atoms with van der Waals surface area (Å²) in [5.41, 5.74) is 1.48. The zero-order chi connectivity index (χ0) is 20.5. The zero-order valence-electron chi connectivity index (χ0n) is 14.6. The monoisotopic (exact) mass is 484 g/mol. The average Bonchev–Trinajstić information content (AvgIpc) is 2.89. The maximum absolute atomic E-state index is 12.5. The standard InChI is InChI=1S/C16H14BrClN6O3S/c1-9-14(17)15(24(2)22-9)16(25)19-10-3-5-11(6-4-10)28(26,27)23-13-8-7-12(18)20-21-13/h3-8H,1-2H3,(H,19,25)(H,21,23). The molecule has 0 spiro atoms. The second kappa shape index (κ2) is 7.86. The predicted octanol–water partition coefficient (Wildman–Crippen LogP) is 2.99. The van der Waals surface area contributed by atoms with Crippen molar-refractivity contribution in [3.05, 3.63) is 57.4 Å². The first-order valence-corrected chi connectivity index (χ1v) is 10.5. The van der Waals surface area contributed by atoms with Crippen molar-refractivity contribution in [2.45, 2.75) is 11.8 Å². The molecule has 28 heavy (non-hydrogen) atoms. The molecular formula is C16H14BrClN6O3S. The Balaban J connectivity index is 1.75. The molecule has 0 saturated carbocycles. The second-order valence-electron chi connectivity index (χ2n) is 5.70. The van der Waals surface area contributed by atoms with E-state index in [4.69, 9.17) is 11.6 Å². The number of anilines is 2. The van der Waals surface area contributed by atoms with Gasteiger partial charge < -0.3 is 5.32 Å². The first kappa shape index (κ1) is 20.2. The molecular weight excluding hydrogens is 472 g/mol. The van der Waals surface area contributed by atoms with Gasteiger partial charge in [0.05, 0.1) is 15.1 Å². The molecule has 0 unspecified atom stereocenters. The van der Waals surface area contributed by atoms with E-state index in [2.05, 4.69) is 41.3 Å². The lowest BCUT2D eigenvalue weighted by atomic mass is 10.3. The van der Waals surface area contributed by atoms with Crippen LogP contribution >= 0.6 is 27.5 Å².